The fraction of sp³-hybridized carbons (Fsp3) is 1.00. The summed E-state index contributed by atoms with van der Waals surface area (Å²) in [7, 11) is -3.43. The van der Waals surface area contributed by atoms with Gasteiger partial charge in [0.15, 0.2) is 0 Å². The van der Waals surface area contributed by atoms with Crippen LogP contribution in [0.15, 0.2) is 0 Å². The summed E-state index contributed by atoms with van der Waals surface area (Å²) in [4.78, 5) is 0. The molecule has 0 aromatic rings. The summed E-state index contributed by atoms with van der Waals surface area (Å²) in [5.41, 5.74) is -0.205. The predicted octanol–water partition coefficient (Wildman–Crippen LogP) is 8.44. The fourth-order valence-corrected chi connectivity index (χ4v) is 8.55. The van der Waals surface area contributed by atoms with Crippen molar-refractivity contribution < 1.29 is 8.42 Å². The second-order valence-electron chi connectivity index (χ2n) is 10.1. The third-order valence-corrected chi connectivity index (χ3v) is 11.7. The highest BCUT2D eigenvalue weighted by molar-refractivity contribution is 7.90. The van der Waals surface area contributed by atoms with Gasteiger partial charge in [-0.1, -0.05) is 101 Å². The molecule has 0 aliphatic heterocycles. The summed E-state index contributed by atoms with van der Waals surface area (Å²) in [5.74, 6) is 0.915. The van der Waals surface area contributed by atoms with Crippen LogP contribution >= 0.6 is 0 Å². The van der Waals surface area contributed by atoms with Crippen molar-refractivity contribution in [3.63, 3.8) is 0 Å². The molecule has 0 radical (unpaired) electrons. The standard InChI is InChI=1S/C27H57NO2S/c1-10-18-20-24(12-3)22-28(23-25(13-4)21-19-11-2)31(29,30)27(16-7,17-8)26(9,14-5)15-6/h24-25H,10-23H2,1-9H3. The Kier molecular flexibility index (Phi) is 14.9. The van der Waals surface area contributed by atoms with Crippen molar-refractivity contribution in [3.8, 4) is 0 Å². The van der Waals surface area contributed by atoms with Crippen LogP contribution in [0.1, 0.15) is 139 Å². The topological polar surface area (TPSA) is 37.4 Å². The molecule has 0 amide bonds. The van der Waals surface area contributed by atoms with Gasteiger partial charge in [0.2, 0.25) is 10.0 Å². The smallest absolute Gasteiger partial charge is 0.212 e. The minimum atomic E-state index is -3.43. The summed E-state index contributed by atoms with van der Waals surface area (Å²) in [6, 6.07) is 0. The van der Waals surface area contributed by atoms with E-state index in [1.54, 1.807) is 0 Å². The van der Waals surface area contributed by atoms with Gasteiger partial charge in [-0.05, 0) is 55.8 Å². The van der Waals surface area contributed by atoms with Crippen LogP contribution in [-0.4, -0.2) is 30.6 Å². The molecule has 2 unspecified atom stereocenters. The molecule has 0 rings (SSSR count). The molecule has 188 valence electrons. The molecular weight excluding hydrogens is 402 g/mol. The monoisotopic (exact) mass is 459 g/mol. The number of nitrogens with zero attached hydrogens (tertiary/aromatic N) is 1. The van der Waals surface area contributed by atoms with Crippen molar-refractivity contribution >= 4 is 10.0 Å². The Labute approximate surface area is 197 Å². The number of hydrogen-bond donors (Lipinski definition) is 0. The van der Waals surface area contributed by atoms with Gasteiger partial charge in [0, 0.05) is 13.1 Å². The lowest BCUT2D eigenvalue weighted by Gasteiger charge is -2.49. The van der Waals surface area contributed by atoms with Crippen LogP contribution in [0, 0.1) is 17.3 Å². The molecule has 3 nitrogen and oxygen atoms in total. The van der Waals surface area contributed by atoms with E-state index in [1.165, 1.54) is 25.7 Å². The van der Waals surface area contributed by atoms with E-state index < -0.39 is 14.8 Å². The first-order valence-electron chi connectivity index (χ1n) is 13.6. The van der Waals surface area contributed by atoms with E-state index in [2.05, 4.69) is 62.3 Å². The zero-order valence-corrected chi connectivity index (χ0v) is 23.5. The Morgan fingerprint density at radius 1 is 0.677 bits per heavy atom. The highest BCUT2D eigenvalue weighted by Crippen LogP contribution is 2.49. The lowest BCUT2D eigenvalue weighted by molar-refractivity contribution is 0.164. The van der Waals surface area contributed by atoms with Crippen LogP contribution in [0.5, 0.6) is 0 Å². The predicted molar refractivity (Wildman–Crippen MR) is 139 cm³/mol. The van der Waals surface area contributed by atoms with Gasteiger partial charge in [-0.25, -0.2) is 12.7 Å². The SMILES string of the molecule is CCCCC(CC)CN(CC(CC)CCCC)S(=O)(=O)C(CC)(CC)C(C)(CC)CC. The normalized spacial score (nSPS) is 15.4. The van der Waals surface area contributed by atoms with E-state index in [-0.39, 0.29) is 5.41 Å². The molecule has 2 atom stereocenters. The van der Waals surface area contributed by atoms with Gasteiger partial charge in [0.25, 0.3) is 0 Å². The molecule has 0 heterocycles. The van der Waals surface area contributed by atoms with Gasteiger partial charge >= 0.3 is 0 Å². The van der Waals surface area contributed by atoms with E-state index in [4.69, 9.17) is 0 Å². The van der Waals surface area contributed by atoms with Crippen LogP contribution < -0.4 is 0 Å². The van der Waals surface area contributed by atoms with Crippen molar-refractivity contribution in [2.45, 2.75) is 144 Å². The summed E-state index contributed by atoms with van der Waals surface area (Å²) in [5, 5.41) is 0. The van der Waals surface area contributed by atoms with Crippen LogP contribution in [0.3, 0.4) is 0 Å². The summed E-state index contributed by atoms with van der Waals surface area (Å²) in [6.45, 7) is 21.1. The number of unbranched alkanes of at least 4 members (excludes halogenated alkanes) is 2. The maximum absolute atomic E-state index is 14.6. The molecule has 0 spiro atoms. The van der Waals surface area contributed by atoms with E-state index in [0.717, 1.165) is 38.5 Å². The number of sulfonamides is 1. The number of rotatable bonds is 19. The third kappa shape index (κ3) is 7.45. The minimum Gasteiger partial charge on any atom is -0.212 e. The molecule has 0 saturated carbocycles. The first kappa shape index (κ1) is 30.9. The van der Waals surface area contributed by atoms with Gasteiger partial charge in [-0.3, -0.25) is 0 Å². The van der Waals surface area contributed by atoms with Crippen molar-refractivity contribution in [3.05, 3.63) is 0 Å². The Balaban J connectivity index is 6.34. The molecule has 0 N–H and O–H groups in total. The van der Waals surface area contributed by atoms with Crippen molar-refractivity contribution in [2.24, 2.45) is 17.3 Å². The molecule has 0 aliphatic rings. The first-order chi connectivity index (χ1) is 14.6. The second-order valence-corrected chi connectivity index (χ2v) is 12.4. The van der Waals surface area contributed by atoms with E-state index in [9.17, 15) is 8.42 Å². The Bertz CT molecular complexity index is 532. The Morgan fingerprint density at radius 2 is 1.06 bits per heavy atom. The lowest BCUT2D eigenvalue weighted by Crippen LogP contribution is -2.58. The quantitative estimate of drug-likeness (QED) is 0.194. The second kappa shape index (κ2) is 14.9. The van der Waals surface area contributed by atoms with Crippen LogP contribution in [0.4, 0.5) is 0 Å². The van der Waals surface area contributed by atoms with Gasteiger partial charge in [0.05, 0.1) is 4.75 Å². The van der Waals surface area contributed by atoms with Gasteiger partial charge < -0.3 is 0 Å². The average molecular weight is 460 g/mol. The third-order valence-electron chi connectivity index (χ3n) is 8.65. The van der Waals surface area contributed by atoms with E-state index in [1.807, 2.05) is 4.31 Å². The molecular formula is C27H57NO2S. The van der Waals surface area contributed by atoms with Crippen molar-refractivity contribution in [1.82, 2.24) is 4.31 Å². The van der Waals surface area contributed by atoms with Crippen LogP contribution in [0.25, 0.3) is 0 Å². The molecule has 0 bridgehead atoms. The molecule has 0 aromatic heterocycles. The zero-order valence-electron chi connectivity index (χ0n) is 22.7. The van der Waals surface area contributed by atoms with Crippen LogP contribution in [-0.2, 0) is 10.0 Å². The summed E-state index contributed by atoms with van der Waals surface area (Å²) < 4.78 is 30.4. The molecule has 0 aromatic carbocycles. The molecule has 0 saturated heterocycles. The maximum Gasteiger partial charge on any atom is 0.220 e. The minimum absolute atomic E-state index is 0.205. The average Bonchev–Trinajstić information content (AvgIpc) is 2.78. The molecule has 31 heavy (non-hydrogen) atoms. The fourth-order valence-electron chi connectivity index (χ4n) is 5.60. The van der Waals surface area contributed by atoms with Crippen molar-refractivity contribution in [1.29, 1.82) is 0 Å². The largest absolute Gasteiger partial charge is 0.220 e. The summed E-state index contributed by atoms with van der Waals surface area (Å²) >= 11 is 0. The molecule has 4 heteroatoms. The molecule has 0 aliphatic carbocycles. The first-order valence-corrected chi connectivity index (χ1v) is 15.1. The number of hydrogen-bond acceptors (Lipinski definition) is 2. The van der Waals surface area contributed by atoms with Gasteiger partial charge in [-0.15, -0.1) is 0 Å². The Hall–Kier alpha value is -0.0900. The van der Waals surface area contributed by atoms with E-state index >= 15 is 0 Å². The van der Waals surface area contributed by atoms with E-state index in [0.29, 0.717) is 37.8 Å². The van der Waals surface area contributed by atoms with Crippen molar-refractivity contribution in [2.75, 3.05) is 13.1 Å². The highest BCUT2D eigenvalue weighted by Gasteiger charge is 2.55. The molecule has 0 fully saturated rings. The lowest BCUT2D eigenvalue weighted by atomic mass is 9.69. The maximum atomic E-state index is 14.6. The highest BCUT2D eigenvalue weighted by atomic mass is 32.2. The zero-order chi connectivity index (χ0) is 24.1. The van der Waals surface area contributed by atoms with Crippen LogP contribution in [0.2, 0.25) is 0 Å². The van der Waals surface area contributed by atoms with Gasteiger partial charge in [-0.2, -0.15) is 0 Å². The summed E-state index contributed by atoms with van der Waals surface area (Å²) in [6.07, 6.45) is 12.3. The van der Waals surface area contributed by atoms with Gasteiger partial charge in [0.1, 0.15) is 0 Å². The Morgan fingerprint density at radius 3 is 1.32 bits per heavy atom.